The van der Waals surface area contributed by atoms with Crippen molar-refractivity contribution >= 4 is 67.6 Å². The van der Waals surface area contributed by atoms with Crippen LogP contribution in [0.25, 0.3) is 16.6 Å². The fourth-order valence-electron chi connectivity index (χ4n) is 3.68. The molecule has 136 valence electrons. The van der Waals surface area contributed by atoms with Gasteiger partial charge in [-0.05, 0) is 40.8 Å². The summed E-state index contributed by atoms with van der Waals surface area (Å²) in [5, 5.41) is 1.22. The summed E-state index contributed by atoms with van der Waals surface area (Å²) in [6.45, 7) is 2.13. The Balaban J connectivity index is 1.67. The predicted octanol–water partition coefficient (Wildman–Crippen LogP) is 6.81. The molecular weight excluding hydrogens is 560 g/mol. The minimum absolute atomic E-state index is 0.0682. The molecule has 0 radical (unpaired) electrons. The lowest BCUT2D eigenvalue weighted by Crippen LogP contribution is -2.14. The van der Waals surface area contributed by atoms with E-state index in [0.717, 1.165) is 31.3 Å². The highest BCUT2D eigenvalue weighted by Gasteiger charge is 2.27. The quantitative estimate of drug-likeness (QED) is 0.185. The number of carbonyl (C=O) groups is 1. The van der Waals surface area contributed by atoms with Crippen molar-refractivity contribution in [1.29, 1.82) is 0 Å². The maximum atomic E-state index is 13.4. The molecule has 0 bridgehead atoms. The average Bonchev–Trinajstić information content (AvgIpc) is 3.30. The lowest BCUT2D eigenvalue weighted by atomic mass is 9.91. The van der Waals surface area contributed by atoms with Crippen LogP contribution >= 0.6 is 45.2 Å². The highest BCUT2D eigenvalue weighted by Crippen LogP contribution is 2.35. The molecule has 4 rings (SSSR count). The van der Waals surface area contributed by atoms with E-state index in [1.165, 1.54) is 16.5 Å². The molecule has 0 saturated carbocycles. The third-order valence-corrected chi connectivity index (χ3v) is 6.90. The first-order valence-corrected chi connectivity index (χ1v) is 12.0. The van der Waals surface area contributed by atoms with E-state index in [2.05, 4.69) is 117 Å². The van der Waals surface area contributed by atoms with E-state index in [9.17, 15) is 4.79 Å². The first-order chi connectivity index (χ1) is 13.1. The number of halogens is 2. The third-order valence-electron chi connectivity index (χ3n) is 5.20. The zero-order valence-electron chi connectivity index (χ0n) is 15.0. The van der Waals surface area contributed by atoms with E-state index in [1.807, 2.05) is 6.08 Å². The molecule has 0 spiro atoms. The monoisotopic (exact) mass is 579 g/mol. The smallest absolute Gasteiger partial charge is 0.189 e. The minimum Gasteiger partial charge on any atom is -0.320 e. The van der Waals surface area contributed by atoms with E-state index >= 15 is 0 Å². The van der Waals surface area contributed by atoms with Crippen LogP contribution in [0, 0.1) is 5.92 Å². The van der Waals surface area contributed by atoms with Crippen molar-refractivity contribution in [3.05, 3.63) is 89.1 Å². The lowest BCUT2D eigenvalue weighted by Gasteiger charge is -2.17. The van der Waals surface area contributed by atoms with Gasteiger partial charge in [0.15, 0.2) is 5.78 Å². The van der Waals surface area contributed by atoms with Crippen LogP contribution < -0.4 is 0 Å². The van der Waals surface area contributed by atoms with Crippen molar-refractivity contribution < 1.29 is 4.79 Å². The van der Waals surface area contributed by atoms with Gasteiger partial charge in [-0.1, -0.05) is 88.5 Å². The van der Waals surface area contributed by atoms with Crippen LogP contribution in [-0.4, -0.2) is 10.4 Å². The average molecular weight is 579 g/mol. The number of allylic oxidation sites excluding steroid dienone is 4. The van der Waals surface area contributed by atoms with E-state index in [4.69, 9.17) is 0 Å². The predicted molar refractivity (Wildman–Crippen MR) is 130 cm³/mol. The number of rotatable bonds is 5. The summed E-state index contributed by atoms with van der Waals surface area (Å²) in [5.74, 6) is 0.224. The Morgan fingerprint density at radius 2 is 1.85 bits per heavy atom. The summed E-state index contributed by atoms with van der Waals surface area (Å²) in [7, 11) is 0. The summed E-state index contributed by atoms with van der Waals surface area (Å²) in [5.41, 5.74) is 6.37. The van der Waals surface area contributed by atoms with E-state index in [-0.39, 0.29) is 11.7 Å². The molecule has 4 heteroatoms. The van der Waals surface area contributed by atoms with Crippen molar-refractivity contribution in [2.75, 3.05) is 0 Å². The maximum absolute atomic E-state index is 13.4. The molecule has 0 saturated heterocycles. The number of Topliss-reactive ketones (excluding diaryl/α,β-unsaturated/α-hetero) is 1. The second-order valence-electron chi connectivity index (χ2n) is 6.77. The number of nitrogens with zero attached hydrogens (tertiary/aromatic N) is 1. The highest BCUT2D eigenvalue weighted by molar-refractivity contribution is 14.1. The van der Waals surface area contributed by atoms with Crippen molar-refractivity contribution in [2.45, 2.75) is 15.8 Å². The van der Waals surface area contributed by atoms with Crippen molar-refractivity contribution in [3.8, 4) is 0 Å². The molecule has 1 aliphatic carbocycles. The van der Waals surface area contributed by atoms with Gasteiger partial charge in [-0.25, -0.2) is 0 Å². The van der Waals surface area contributed by atoms with Crippen LogP contribution in [0.2, 0.25) is 0 Å². The molecule has 2 nitrogen and oxygen atoms in total. The van der Waals surface area contributed by atoms with Gasteiger partial charge in [0.2, 0.25) is 0 Å². The van der Waals surface area contributed by atoms with Crippen LogP contribution in [-0.2, 0) is 8.86 Å². The number of ketones is 1. The maximum Gasteiger partial charge on any atom is 0.189 e. The van der Waals surface area contributed by atoms with Crippen LogP contribution in [0.3, 0.4) is 0 Å². The van der Waals surface area contributed by atoms with E-state index in [0.29, 0.717) is 0 Å². The summed E-state index contributed by atoms with van der Waals surface area (Å²) < 4.78 is 3.95. The molecule has 1 heterocycles. The van der Waals surface area contributed by atoms with Gasteiger partial charge in [0.1, 0.15) is 0 Å². The number of fused-ring (bicyclic) bond motifs is 1. The standard InChI is InChI=1S/C23H19I2NO/c1-15-19(23(27)20-12-16(13-24)6-7-18(20)14-25)8-9-21(15)26-11-10-17-4-2-3-5-22(17)26/h2-12,15H,13-14H2,1H3. The number of alkyl halides is 2. The molecule has 2 aromatic carbocycles. The highest BCUT2D eigenvalue weighted by atomic mass is 127. The van der Waals surface area contributed by atoms with Gasteiger partial charge in [-0.3, -0.25) is 4.79 Å². The van der Waals surface area contributed by atoms with Gasteiger partial charge in [-0.15, -0.1) is 0 Å². The summed E-state index contributed by atoms with van der Waals surface area (Å²) in [6.07, 6.45) is 6.20. The summed E-state index contributed by atoms with van der Waals surface area (Å²) in [6, 6.07) is 16.8. The first kappa shape index (κ1) is 18.9. The Bertz CT molecular complexity index is 1090. The number of para-hydroxylation sites is 1. The van der Waals surface area contributed by atoms with Crippen LogP contribution in [0.5, 0.6) is 0 Å². The molecule has 0 amide bonds. The first-order valence-electron chi connectivity index (χ1n) is 8.90. The Morgan fingerprint density at radius 3 is 2.63 bits per heavy atom. The number of hydrogen-bond donors (Lipinski definition) is 0. The Kier molecular flexibility index (Phi) is 5.55. The zero-order valence-corrected chi connectivity index (χ0v) is 19.3. The second kappa shape index (κ2) is 7.91. The summed E-state index contributed by atoms with van der Waals surface area (Å²) in [4.78, 5) is 13.4. The van der Waals surface area contributed by atoms with Crippen molar-refractivity contribution in [2.24, 2.45) is 5.92 Å². The van der Waals surface area contributed by atoms with E-state index in [1.54, 1.807) is 0 Å². The Labute approximate surface area is 186 Å². The van der Waals surface area contributed by atoms with Gasteiger partial charge in [0.05, 0.1) is 5.52 Å². The second-order valence-corrected chi connectivity index (χ2v) is 8.29. The van der Waals surface area contributed by atoms with Gasteiger partial charge >= 0.3 is 0 Å². The van der Waals surface area contributed by atoms with Gasteiger partial charge < -0.3 is 4.57 Å². The molecule has 27 heavy (non-hydrogen) atoms. The SMILES string of the molecule is CC1C(C(=O)c2cc(CI)ccc2CI)=CC=C1n1ccc2ccccc21. The number of benzene rings is 2. The molecule has 3 aromatic rings. The van der Waals surface area contributed by atoms with Gasteiger partial charge in [0, 0.05) is 37.8 Å². The van der Waals surface area contributed by atoms with Crippen LogP contribution in [0.1, 0.15) is 28.4 Å². The molecular formula is C23H19I2NO. The Morgan fingerprint density at radius 1 is 1.04 bits per heavy atom. The molecule has 1 unspecified atom stereocenters. The largest absolute Gasteiger partial charge is 0.320 e. The third kappa shape index (κ3) is 3.42. The number of aromatic nitrogens is 1. The van der Waals surface area contributed by atoms with Gasteiger partial charge in [0.25, 0.3) is 0 Å². The lowest BCUT2D eigenvalue weighted by molar-refractivity contribution is 0.102. The molecule has 0 N–H and O–H groups in total. The molecule has 0 fully saturated rings. The van der Waals surface area contributed by atoms with Crippen LogP contribution in [0.15, 0.2) is 72.5 Å². The van der Waals surface area contributed by atoms with E-state index < -0.39 is 0 Å². The fourth-order valence-corrected chi connectivity index (χ4v) is 4.82. The molecule has 0 aliphatic heterocycles. The van der Waals surface area contributed by atoms with Gasteiger partial charge in [-0.2, -0.15) is 0 Å². The molecule has 1 aromatic heterocycles. The number of carbonyl (C=O) groups excluding carboxylic acids is 1. The van der Waals surface area contributed by atoms with Crippen molar-refractivity contribution in [3.63, 3.8) is 0 Å². The number of hydrogen-bond acceptors (Lipinski definition) is 1. The topological polar surface area (TPSA) is 22.0 Å². The van der Waals surface area contributed by atoms with Crippen LogP contribution in [0.4, 0.5) is 0 Å². The normalized spacial score (nSPS) is 16.5. The van der Waals surface area contributed by atoms with Crippen molar-refractivity contribution in [1.82, 2.24) is 4.57 Å². The summed E-state index contributed by atoms with van der Waals surface area (Å²) >= 11 is 4.68. The molecule has 1 atom stereocenters. The minimum atomic E-state index is 0.0682. The Hall–Kier alpha value is -1.41. The molecule has 1 aliphatic rings. The fraction of sp³-hybridized carbons (Fsp3) is 0.174. The zero-order chi connectivity index (χ0) is 19.0.